The van der Waals surface area contributed by atoms with Crippen LogP contribution in [-0.2, 0) is 0 Å². The normalized spacial score (nSPS) is 9.91. The number of carbonyl (C=O) groups excluding carboxylic acids is 2. The Bertz CT molecular complexity index is 671. The Labute approximate surface area is 142 Å². The Kier molecular flexibility index (Phi) is 5.76. The Balaban J connectivity index is 1.93. The lowest BCUT2D eigenvalue weighted by Crippen LogP contribution is -2.41. The number of rotatable bonds is 4. The molecular formula is C16H15IN2O3. The average Bonchev–Trinajstić information content (AvgIpc) is 2.53. The maximum Gasteiger partial charge on any atom is 0.269 e. The summed E-state index contributed by atoms with van der Waals surface area (Å²) in [7, 11) is 0. The summed E-state index contributed by atoms with van der Waals surface area (Å²) < 4.78 is 6.25. The summed E-state index contributed by atoms with van der Waals surface area (Å²) in [6.45, 7) is 2.46. The first-order valence-corrected chi connectivity index (χ1v) is 7.77. The van der Waals surface area contributed by atoms with Gasteiger partial charge < -0.3 is 4.74 Å². The van der Waals surface area contributed by atoms with Gasteiger partial charge in [-0.05, 0) is 72.0 Å². The second-order valence-corrected chi connectivity index (χ2v) is 5.62. The molecule has 114 valence electrons. The standard InChI is InChI=1S/C16H15IN2O3/c1-2-22-14-8-6-11(7-9-14)15(20)18-19-16(21)12-4-3-5-13(17)10-12/h3-10H,2H2,1H3,(H,18,20)(H,19,21). The van der Waals surface area contributed by atoms with E-state index in [1.807, 2.05) is 13.0 Å². The zero-order valence-electron chi connectivity index (χ0n) is 11.9. The summed E-state index contributed by atoms with van der Waals surface area (Å²) in [5.41, 5.74) is 5.70. The molecule has 0 aliphatic rings. The SMILES string of the molecule is CCOc1ccc(C(=O)NNC(=O)c2cccc(I)c2)cc1. The van der Waals surface area contributed by atoms with E-state index in [4.69, 9.17) is 4.74 Å². The van der Waals surface area contributed by atoms with Crippen LogP contribution in [0, 0.1) is 3.57 Å². The molecule has 0 fully saturated rings. The van der Waals surface area contributed by atoms with E-state index in [2.05, 4.69) is 33.4 Å². The molecule has 0 atom stereocenters. The quantitative estimate of drug-likeness (QED) is 0.602. The van der Waals surface area contributed by atoms with Crippen molar-refractivity contribution >= 4 is 34.4 Å². The number of ether oxygens (including phenoxy) is 1. The minimum Gasteiger partial charge on any atom is -0.494 e. The molecule has 2 aromatic rings. The summed E-state index contributed by atoms with van der Waals surface area (Å²) in [4.78, 5) is 23.9. The summed E-state index contributed by atoms with van der Waals surface area (Å²) >= 11 is 2.12. The van der Waals surface area contributed by atoms with E-state index in [-0.39, 0.29) is 11.8 Å². The molecule has 2 N–H and O–H groups in total. The molecule has 0 heterocycles. The van der Waals surface area contributed by atoms with E-state index in [1.165, 1.54) is 0 Å². The van der Waals surface area contributed by atoms with Crippen LogP contribution in [0.5, 0.6) is 5.75 Å². The van der Waals surface area contributed by atoms with Gasteiger partial charge in [0.05, 0.1) is 6.61 Å². The van der Waals surface area contributed by atoms with Gasteiger partial charge in [0.1, 0.15) is 5.75 Å². The van der Waals surface area contributed by atoms with Crippen LogP contribution in [-0.4, -0.2) is 18.4 Å². The highest BCUT2D eigenvalue weighted by Gasteiger charge is 2.09. The van der Waals surface area contributed by atoms with Crippen molar-refractivity contribution in [3.63, 3.8) is 0 Å². The zero-order valence-corrected chi connectivity index (χ0v) is 14.1. The van der Waals surface area contributed by atoms with Crippen LogP contribution in [0.2, 0.25) is 0 Å². The third-order valence-electron chi connectivity index (χ3n) is 2.80. The Morgan fingerprint density at radius 3 is 2.23 bits per heavy atom. The Morgan fingerprint density at radius 1 is 1.00 bits per heavy atom. The van der Waals surface area contributed by atoms with Gasteiger partial charge in [-0.15, -0.1) is 0 Å². The minimum atomic E-state index is -0.387. The smallest absolute Gasteiger partial charge is 0.269 e. The van der Waals surface area contributed by atoms with Crippen LogP contribution in [0.1, 0.15) is 27.6 Å². The lowest BCUT2D eigenvalue weighted by Gasteiger charge is -2.08. The number of hydrogen-bond donors (Lipinski definition) is 2. The lowest BCUT2D eigenvalue weighted by molar-refractivity contribution is 0.0846. The lowest BCUT2D eigenvalue weighted by atomic mass is 10.2. The van der Waals surface area contributed by atoms with Gasteiger partial charge in [-0.1, -0.05) is 6.07 Å². The van der Waals surface area contributed by atoms with Gasteiger partial charge >= 0.3 is 0 Å². The molecule has 0 spiro atoms. The highest BCUT2D eigenvalue weighted by atomic mass is 127. The van der Waals surface area contributed by atoms with Crippen LogP contribution >= 0.6 is 22.6 Å². The van der Waals surface area contributed by atoms with Gasteiger partial charge in [0.2, 0.25) is 0 Å². The predicted octanol–water partition coefficient (Wildman–Crippen LogP) is 2.76. The van der Waals surface area contributed by atoms with Crippen LogP contribution < -0.4 is 15.6 Å². The molecule has 22 heavy (non-hydrogen) atoms. The van der Waals surface area contributed by atoms with Gasteiger partial charge in [-0.25, -0.2) is 0 Å². The highest BCUT2D eigenvalue weighted by molar-refractivity contribution is 14.1. The molecule has 5 nitrogen and oxygen atoms in total. The summed E-state index contributed by atoms with van der Waals surface area (Å²) in [5, 5.41) is 0. The molecule has 0 radical (unpaired) electrons. The van der Waals surface area contributed by atoms with Crippen molar-refractivity contribution in [3.8, 4) is 5.75 Å². The van der Waals surface area contributed by atoms with Crippen molar-refractivity contribution in [1.82, 2.24) is 10.9 Å². The summed E-state index contributed by atoms with van der Waals surface area (Å²) in [5.74, 6) is -0.0539. The van der Waals surface area contributed by atoms with Crippen LogP contribution in [0.25, 0.3) is 0 Å². The maximum atomic E-state index is 11.9. The molecule has 0 unspecified atom stereocenters. The Hall–Kier alpha value is -2.09. The summed E-state index contributed by atoms with van der Waals surface area (Å²) in [6.07, 6.45) is 0. The highest BCUT2D eigenvalue weighted by Crippen LogP contribution is 2.12. The fourth-order valence-electron chi connectivity index (χ4n) is 1.76. The molecule has 0 bridgehead atoms. The number of carbonyl (C=O) groups is 2. The third kappa shape index (κ3) is 4.45. The van der Waals surface area contributed by atoms with Gasteiger partial charge in [0, 0.05) is 14.7 Å². The van der Waals surface area contributed by atoms with E-state index in [0.717, 1.165) is 3.57 Å². The molecule has 2 aromatic carbocycles. The molecule has 6 heteroatoms. The van der Waals surface area contributed by atoms with Gasteiger partial charge in [0.15, 0.2) is 0 Å². The van der Waals surface area contributed by atoms with Crippen molar-refractivity contribution in [1.29, 1.82) is 0 Å². The van der Waals surface area contributed by atoms with Crippen molar-refractivity contribution in [2.75, 3.05) is 6.61 Å². The van der Waals surface area contributed by atoms with Crippen LogP contribution in [0.15, 0.2) is 48.5 Å². The maximum absolute atomic E-state index is 11.9. The van der Waals surface area contributed by atoms with Crippen LogP contribution in [0.3, 0.4) is 0 Å². The van der Waals surface area contributed by atoms with Crippen molar-refractivity contribution in [2.24, 2.45) is 0 Å². The van der Waals surface area contributed by atoms with E-state index in [9.17, 15) is 9.59 Å². The molecule has 0 aliphatic heterocycles. The van der Waals surface area contributed by atoms with E-state index in [1.54, 1.807) is 42.5 Å². The molecule has 0 aromatic heterocycles. The van der Waals surface area contributed by atoms with E-state index >= 15 is 0 Å². The van der Waals surface area contributed by atoms with Gasteiger partial charge in [-0.3, -0.25) is 20.4 Å². The summed E-state index contributed by atoms with van der Waals surface area (Å²) in [6, 6.07) is 13.8. The van der Waals surface area contributed by atoms with Crippen molar-refractivity contribution < 1.29 is 14.3 Å². The van der Waals surface area contributed by atoms with Crippen molar-refractivity contribution in [2.45, 2.75) is 6.92 Å². The molecule has 2 amide bonds. The largest absolute Gasteiger partial charge is 0.494 e. The van der Waals surface area contributed by atoms with Gasteiger partial charge in [0.25, 0.3) is 11.8 Å². The molecular weight excluding hydrogens is 395 g/mol. The fourth-order valence-corrected chi connectivity index (χ4v) is 2.30. The van der Waals surface area contributed by atoms with E-state index < -0.39 is 0 Å². The predicted molar refractivity (Wildman–Crippen MR) is 91.7 cm³/mol. The number of benzene rings is 2. The fraction of sp³-hybridized carbons (Fsp3) is 0.125. The first kappa shape index (κ1) is 16.3. The minimum absolute atomic E-state index is 0.363. The first-order chi connectivity index (χ1) is 10.6. The Morgan fingerprint density at radius 2 is 1.64 bits per heavy atom. The number of amides is 2. The second kappa shape index (κ2) is 7.79. The monoisotopic (exact) mass is 410 g/mol. The van der Waals surface area contributed by atoms with Gasteiger partial charge in [-0.2, -0.15) is 0 Å². The number of halogens is 1. The second-order valence-electron chi connectivity index (χ2n) is 4.38. The van der Waals surface area contributed by atoms with E-state index in [0.29, 0.717) is 23.5 Å². The molecule has 0 aliphatic carbocycles. The third-order valence-corrected chi connectivity index (χ3v) is 3.47. The number of hydrazine groups is 1. The molecule has 0 saturated carbocycles. The first-order valence-electron chi connectivity index (χ1n) is 6.69. The average molecular weight is 410 g/mol. The van der Waals surface area contributed by atoms with Crippen molar-refractivity contribution in [3.05, 3.63) is 63.2 Å². The molecule has 2 rings (SSSR count). The zero-order chi connectivity index (χ0) is 15.9. The number of hydrogen-bond acceptors (Lipinski definition) is 3. The van der Waals surface area contributed by atoms with Crippen LogP contribution in [0.4, 0.5) is 0 Å². The topological polar surface area (TPSA) is 67.4 Å². The number of nitrogens with one attached hydrogen (secondary N) is 2. The molecule has 0 saturated heterocycles.